The van der Waals surface area contributed by atoms with Crippen molar-refractivity contribution in [3.63, 3.8) is 0 Å². The van der Waals surface area contributed by atoms with Crippen molar-refractivity contribution in [2.45, 2.75) is 4.90 Å². The molecule has 2 aromatic carbocycles. The molecular weight excluding hydrogens is 472 g/mol. The van der Waals surface area contributed by atoms with Crippen LogP contribution >= 0.6 is 11.3 Å². The highest BCUT2D eigenvalue weighted by Crippen LogP contribution is 2.27. The van der Waals surface area contributed by atoms with E-state index >= 15 is 0 Å². The quantitative estimate of drug-likeness (QED) is 0.531. The van der Waals surface area contributed by atoms with E-state index in [1.165, 1.54) is 34.0 Å². The van der Waals surface area contributed by atoms with Crippen LogP contribution in [0.5, 0.6) is 0 Å². The number of halogens is 2. The van der Waals surface area contributed by atoms with E-state index in [1.54, 1.807) is 12.1 Å². The number of carbonyl (C=O) groups is 1. The third kappa shape index (κ3) is 5.50. The number of thiazole rings is 1. The van der Waals surface area contributed by atoms with Gasteiger partial charge in [0.2, 0.25) is 15.9 Å². The second-order valence-corrected chi connectivity index (χ2v) is 9.87. The number of hydrogen-bond acceptors (Lipinski definition) is 6. The van der Waals surface area contributed by atoms with Crippen LogP contribution in [0.25, 0.3) is 17.3 Å². The molecule has 172 valence electrons. The Bertz CT molecular complexity index is 1290. The highest BCUT2D eigenvalue weighted by Gasteiger charge is 2.26. The first-order valence-electron chi connectivity index (χ1n) is 9.91. The van der Waals surface area contributed by atoms with Gasteiger partial charge in [-0.25, -0.2) is 22.2 Å². The molecule has 0 atom stereocenters. The smallest absolute Gasteiger partial charge is 0.250 e. The molecule has 1 aliphatic heterocycles. The van der Waals surface area contributed by atoms with Gasteiger partial charge in [0.05, 0.1) is 23.8 Å². The van der Waals surface area contributed by atoms with Crippen LogP contribution in [-0.2, 0) is 19.6 Å². The van der Waals surface area contributed by atoms with E-state index in [4.69, 9.17) is 4.74 Å². The Morgan fingerprint density at radius 3 is 2.58 bits per heavy atom. The van der Waals surface area contributed by atoms with Crippen molar-refractivity contribution >= 4 is 38.5 Å². The molecule has 1 aliphatic rings. The number of carbonyl (C=O) groups excluding carboxylic acids is 1. The minimum absolute atomic E-state index is 0.00872. The Kier molecular flexibility index (Phi) is 6.94. The molecule has 1 saturated heterocycles. The van der Waals surface area contributed by atoms with E-state index in [9.17, 15) is 22.0 Å². The molecule has 0 aliphatic carbocycles. The molecule has 2 heterocycles. The standard InChI is InChI=1S/C22H19F2N3O4S2/c23-16-4-7-19(24)18(13-16)20-14-32-22(25-20)26-21(28)8-3-15-1-5-17(6-2-15)33(29,30)27-9-11-31-12-10-27/h1-8,13-14H,9-12H2,(H,25,26,28). The molecule has 0 unspecified atom stereocenters. The summed E-state index contributed by atoms with van der Waals surface area (Å²) in [5, 5.41) is 4.32. The first kappa shape index (κ1) is 23.2. The van der Waals surface area contributed by atoms with Crippen LogP contribution in [0.4, 0.5) is 13.9 Å². The summed E-state index contributed by atoms with van der Waals surface area (Å²) < 4.78 is 59.2. The highest BCUT2D eigenvalue weighted by molar-refractivity contribution is 7.89. The van der Waals surface area contributed by atoms with Crippen molar-refractivity contribution < 1.29 is 26.7 Å². The Morgan fingerprint density at radius 2 is 1.85 bits per heavy atom. The van der Waals surface area contributed by atoms with Gasteiger partial charge >= 0.3 is 0 Å². The summed E-state index contributed by atoms with van der Waals surface area (Å²) in [6.45, 7) is 1.36. The van der Waals surface area contributed by atoms with Crippen LogP contribution in [0.1, 0.15) is 5.56 Å². The lowest BCUT2D eigenvalue weighted by atomic mass is 10.1. The average molecular weight is 492 g/mol. The summed E-state index contributed by atoms with van der Waals surface area (Å²) in [6, 6.07) is 9.26. The molecule has 1 aromatic heterocycles. The van der Waals surface area contributed by atoms with Crippen molar-refractivity contribution in [2.75, 3.05) is 31.6 Å². The molecule has 0 spiro atoms. The summed E-state index contributed by atoms with van der Waals surface area (Å²) in [5.41, 5.74) is 0.857. The van der Waals surface area contributed by atoms with E-state index in [-0.39, 0.29) is 21.3 Å². The van der Waals surface area contributed by atoms with Gasteiger partial charge in [-0.15, -0.1) is 11.3 Å². The number of benzene rings is 2. The number of sulfonamides is 1. The molecule has 4 rings (SSSR count). The minimum atomic E-state index is -3.58. The zero-order chi connectivity index (χ0) is 23.4. The zero-order valence-electron chi connectivity index (χ0n) is 17.2. The molecule has 7 nitrogen and oxygen atoms in total. The van der Waals surface area contributed by atoms with Crippen LogP contribution < -0.4 is 5.32 Å². The van der Waals surface area contributed by atoms with Crippen molar-refractivity contribution in [2.24, 2.45) is 0 Å². The predicted molar refractivity (Wildman–Crippen MR) is 121 cm³/mol. The molecule has 11 heteroatoms. The second-order valence-electron chi connectivity index (χ2n) is 7.07. The van der Waals surface area contributed by atoms with Gasteiger partial charge in [-0.2, -0.15) is 4.31 Å². The molecule has 1 amide bonds. The Morgan fingerprint density at radius 1 is 1.12 bits per heavy atom. The zero-order valence-corrected chi connectivity index (χ0v) is 18.8. The number of nitrogens with one attached hydrogen (secondary N) is 1. The first-order valence-corrected chi connectivity index (χ1v) is 12.2. The molecule has 3 aromatic rings. The Balaban J connectivity index is 1.39. The van der Waals surface area contributed by atoms with E-state index in [0.717, 1.165) is 29.5 Å². The van der Waals surface area contributed by atoms with E-state index in [1.807, 2.05) is 0 Å². The van der Waals surface area contributed by atoms with E-state index in [0.29, 0.717) is 31.9 Å². The van der Waals surface area contributed by atoms with Gasteiger partial charge in [-0.1, -0.05) is 12.1 Å². The summed E-state index contributed by atoms with van der Waals surface area (Å²) in [4.78, 5) is 16.5. The summed E-state index contributed by atoms with van der Waals surface area (Å²) >= 11 is 1.08. The number of ether oxygens (including phenoxy) is 1. The maximum atomic E-state index is 13.9. The van der Waals surface area contributed by atoms with Crippen LogP contribution in [-0.4, -0.2) is 49.9 Å². The maximum Gasteiger partial charge on any atom is 0.250 e. The van der Waals surface area contributed by atoms with Crippen LogP contribution in [0.2, 0.25) is 0 Å². The molecule has 0 radical (unpaired) electrons. The SMILES string of the molecule is O=C(C=Cc1ccc(S(=O)(=O)N2CCOCC2)cc1)Nc1nc(-c2cc(F)ccc2F)cs1. The average Bonchev–Trinajstić information content (AvgIpc) is 3.28. The lowest BCUT2D eigenvalue weighted by Crippen LogP contribution is -2.40. The summed E-state index contributed by atoms with van der Waals surface area (Å²) in [6.07, 6.45) is 2.80. The van der Waals surface area contributed by atoms with Crippen LogP contribution in [0, 0.1) is 11.6 Å². The Labute approximate surface area is 193 Å². The number of hydrogen-bond donors (Lipinski definition) is 1. The molecule has 1 fully saturated rings. The normalized spacial score (nSPS) is 15.1. The lowest BCUT2D eigenvalue weighted by Gasteiger charge is -2.26. The second kappa shape index (κ2) is 9.87. The van der Waals surface area contributed by atoms with Gasteiger partial charge in [0.1, 0.15) is 11.6 Å². The fourth-order valence-corrected chi connectivity index (χ4v) is 5.28. The molecule has 33 heavy (non-hydrogen) atoms. The van der Waals surface area contributed by atoms with E-state index < -0.39 is 27.6 Å². The van der Waals surface area contributed by atoms with Crippen molar-refractivity contribution in [1.29, 1.82) is 0 Å². The topological polar surface area (TPSA) is 88.6 Å². The number of amides is 1. The number of aromatic nitrogens is 1. The van der Waals surface area contributed by atoms with Gasteiger partial charge in [-0.05, 0) is 42.0 Å². The lowest BCUT2D eigenvalue weighted by molar-refractivity contribution is -0.111. The van der Waals surface area contributed by atoms with Crippen molar-refractivity contribution in [3.05, 3.63) is 71.1 Å². The van der Waals surface area contributed by atoms with Crippen molar-refractivity contribution in [1.82, 2.24) is 9.29 Å². The van der Waals surface area contributed by atoms with Gasteiger partial charge in [0.15, 0.2) is 5.13 Å². The predicted octanol–water partition coefficient (Wildman–Crippen LogP) is 3.76. The third-order valence-electron chi connectivity index (χ3n) is 4.85. The number of nitrogens with zero attached hydrogens (tertiary/aromatic N) is 2. The van der Waals surface area contributed by atoms with Crippen LogP contribution in [0.15, 0.2) is 58.8 Å². The number of morpholine rings is 1. The molecule has 0 saturated carbocycles. The van der Waals surface area contributed by atoms with Crippen molar-refractivity contribution in [3.8, 4) is 11.3 Å². The van der Waals surface area contributed by atoms with Gasteiger partial charge < -0.3 is 4.74 Å². The van der Waals surface area contributed by atoms with Gasteiger partial charge in [0.25, 0.3) is 0 Å². The first-order chi connectivity index (χ1) is 15.8. The van der Waals surface area contributed by atoms with Crippen LogP contribution in [0.3, 0.4) is 0 Å². The maximum absolute atomic E-state index is 13.9. The Hall–Kier alpha value is -2.99. The highest BCUT2D eigenvalue weighted by atomic mass is 32.2. The molecule has 1 N–H and O–H groups in total. The number of anilines is 1. The van der Waals surface area contributed by atoms with Gasteiger partial charge in [0, 0.05) is 30.1 Å². The number of rotatable bonds is 6. The summed E-state index contributed by atoms with van der Waals surface area (Å²) in [5.74, 6) is -1.67. The molecular formula is C22H19F2N3O4S2. The van der Waals surface area contributed by atoms with E-state index in [2.05, 4.69) is 10.3 Å². The fraction of sp³-hybridized carbons (Fsp3) is 0.182. The minimum Gasteiger partial charge on any atom is -0.379 e. The third-order valence-corrected chi connectivity index (χ3v) is 7.52. The fourth-order valence-electron chi connectivity index (χ4n) is 3.15. The van der Waals surface area contributed by atoms with Gasteiger partial charge in [-0.3, -0.25) is 10.1 Å². The monoisotopic (exact) mass is 491 g/mol. The largest absolute Gasteiger partial charge is 0.379 e. The molecule has 0 bridgehead atoms. The summed E-state index contributed by atoms with van der Waals surface area (Å²) in [7, 11) is -3.58.